The summed E-state index contributed by atoms with van der Waals surface area (Å²) in [5.41, 5.74) is 0. The lowest BCUT2D eigenvalue weighted by Crippen LogP contribution is -2.32. The number of amides is 1. The van der Waals surface area contributed by atoms with Crippen molar-refractivity contribution >= 4 is 21.8 Å². The molecule has 1 aliphatic carbocycles. The molecule has 0 spiro atoms. The van der Waals surface area contributed by atoms with E-state index in [1.54, 1.807) is 0 Å². The van der Waals surface area contributed by atoms with Crippen LogP contribution in [0.3, 0.4) is 0 Å². The molecule has 2 unspecified atom stereocenters. The zero-order chi connectivity index (χ0) is 9.68. The van der Waals surface area contributed by atoms with Crippen molar-refractivity contribution < 1.29 is 4.79 Å². The highest BCUT2D eigenvalue weighted by Gasteiger charge is 2.18. The summed E-state index contributed by atoms with van der Waals surface area (Å²) < 4.78 is 0. The van der Waals surface area contributed by atoms with E-state index in [-0.39, 0.29) is 5.91 Å². The molecule has 76 valence electrons. The first kappa shape index (κ1) is 11.0. The molecule has 2 atom stereocenters. The first-order valence-corrected chi connectivity index (χ1v) is 6.17. The molecule has 1 N–H and O–H groups in total. The minimum absolute atomic E-state index is 0.109. The smallest absolute Gasteiger partial charge is 0.230 e. The largest absolute Gasteiger partial charge is 0.355 e. The van der Waals surface area contributed by atoms with Crippen LogP contribution in [0.2, 0.25) is 0 Å². The lowest BCUT2D eigenvalue weighted by molar-refractivity contribution is -0.118. The maximum absolute atomic E-state index is 11.0. The standard InChI is InChI=1S/C10H18BrNO/c1-8-3-2-4-9(5-8)7-12-10(13)6-11/h8-9H,2-7H2,1H3,(H,12,13). The van der Waals surface area contributed by atoms with E-state index in [2.05, 4.69) is 28.2 Å². The number of rotatable bonds is 3. The molecule has 1 rings (SSSR count). The zero-order valence-electron chi connectivity index (χ0n) is 8.18. The summed E-state index contributed by atoms with van der Waals surface area (Å²) in [6, 6.07) is 0. The van der Waals surface area contributed by atoms with Gasteiger partial charge in [-0.3, -0.25) is 4.79 Å². The van der Waals surface area contributed by atoms with E-state index < -0.39 is 0 Å². The van der Waals surface area contributed by atoms with Gasteiger partial charge in [0.15, 0.2) is 0 Å². The summed E-state index contributed by atoms with van der Waals surface area (Å²) >= 11 is 3.14. The third-order valence-electron chi connectivity index (χ3n) is 2.75. The maximum Gasteiger partial charge on any atom is 0.230 e. The van der Waals surface area contributed by atoms with Crippen LogP contribution in [-0.2, 0) is 4.79 Å². The number of carbonyl (C=O) groups excluding carboxylic acids is 1. The molecule has 0 aliphatic heterocycles. The molecule has 0 heterocycles. The second-order valence-corrected chi connectivity index (χ2v) is 4.64. The molecule has 0 radical (unpaired) electrons. The van der Waals surface area contributed by atoms with Gasteiger partial charge in [0.25, 0.3) is 0 Å². The SMILES string of the molecule is CC1CCCC(CNC(=O)CBr)C1. The van der Waals surface area contributed by atoms with E-state index in [0.29, 0.717) is 11.2 Å². The van der Waals surface area contributed by atoms with E-state index in [0.717, 1.165) is 12.5 Å². The molecule has 2 nitrogen and oxygen atoms in total. The Bertz CT molecular complexity index is 172. The van der Waals surface area contributed by atoms with E-state index >= 15 is 0 Å². The number of carbonyl (C=O) groups is 1. The average Bonchev–Trinajstić information content (AvgIpc) is 2.14. The fourth-order valence-corrected chi connectivity index (χ4v) is 2.25. The summed E-state index contributed by atoms with van der Waals surface area (Å²) in [5, 5.41) is 3.36. The molecule has 0 bridgehead atoms. The summed E-state index contributed by atoms with van der Waals surface area (Å²) in [5.74, 6) is 1.67. The van der Waals surface area contributed by atoms with Crippen LogP contribution in [0.15, 0.2) is 0 Å². The number of hydrogen-bond donors (Lipinski definition) is 1. The third-order valence-corrected chi connectivity index (χ3v) is 3.26. The lowest BCUT2D eigenvalue weighted by atomic mass is 9.82. The van der Waals surface area contributed by atoms with E-state index in [4.69, 9.17) is 0 Å². The number of halogens is 1. The van der Waals surface area contributed by atoms with Crippen LogP contribution >= 0.6 is 15.9 Å². The van der Waals surface area contributed by atoms with Crippen LogP contribution in [0.5, 0.6) is 0 Å². The Morgan fingerprint density at radius 2 is 2.31 bits per heavy atom. The highest BCUT2D eigenvalue weighted by Crippen LogP contribution is 2.27. The zero-order valence-corrected chi connectivity index (χ0v) is 9.77. The fraction of sp³-hybridized carbons (Fsp3) is 0.900. The monoisotopic (exact) mass is 247 g/mol. The van der Waals surface area contributed by atoms with Gasteiger partial charge in [0.2, 0.25) is 5.91 Å². The van der Waals surface area contributed by atoms with E-state index in [1.807, 2.05) is 0 Å². The molecular formula is C10H18BrNO. The van der Waals surface area contributed by atoms with Crippen LogP contribution in [-0.4, -0.2) is 17.8 Å². The van der Waals surface area contributed by atoms with Gasteiger partial charge in [-0.15, -0.1) is 0 Å². The van der Waals surface area contributed by atoms with Crippen molar-refractivity contribution in [3.63, 3.8) is 0 Å². The first-order chi connectivity index (χ1) is 6.22. The molecule has 0 aromatic heterocycles. The topological polar surface area (TPSA) is 29.1 Å². The van der Waals surface area contributed by atoms with Crippen LogP contribution in [0.1, 0.15) is 32.6 Å². The predicted octanol–water partition coefficient (Wildman–Crippen LogP) is 2.32. The van der Waals surface area contributed by atoms with Crippen molar-refractivity contribution in [2.45, 2.75) is 32.6 Å². The van der Waals surface area contributed by atoms with Gasteiger partial charge in [-0.05, 0) is 24.7 Å². The number of nitrogens with one attached hydrogen (secondary N) is 1. The van der Waals surface area contributed by atoms with Crippen molar-refractivity contribution in [2.24, 2.45) is 11.8 Å². The fourth-order valence-electron chi connectivity index (χ4n) is 2.05. The van der Waals surface area contributed by atoms with Crippen LogP contribution in [0.25, 0.3) is 0 Å². The summed E-state index contributed by atoms with van der Waals surface area (Å²) in [6.07, 6.45) is 5.26. The van der Waals surface area contributed by atoms with Crippen LogP contribution < -0.4 is 5.32 Å². The molecule has 1 fully saturated rings. The third kappa shape index (κ3) is 4.12. The Morgan fingerprint density at radius 3 is 2.92 bits per heavy atom. The Balaban J connectivity index is 2.17. The second-order valence-electron chi connectivity index (χ2n) is 4.08. The Morgan fingerprint density at radius 1 is 1.54 bits per heavy atom. The van der Waals surface area contributed by atoms with Crippen LogP contribution in [0, 0.1) is 11.8 Å². The van der Waals surface area contributed by atoms with Gasteiger partial charge in [0.1, 0.15) is 0 Å². The van der Waals surface area contributed by atoms with Gasteiger partial charge in [-0.1, -0.05) is 35.7 Å². The van der Waals surface area contributed by atoms with E-state index in [1.165, 1.54) is 25.7 Å². The molecule has 3 heteroatoms. The molecular weight excluding hydrogens is 230 g/mol. The predicted molar refractivity (Wildman–Crippen MR) is 57.9 cm³/mol. The minimum atomic E-state index is 0.109. The Labute approximate surface area is 88.6 Å². The van der Waals surface area contributed by atoms with Gasteiger partial charge >= 0.3 is 0 Å². The van der Waals surface area contributed by atoms with Crippen molar-refractivity contribution in [1.82, 2.24) is 5.32 Å². The molecule has 0 aromatic carbocycles. The van der Waals surface area contributed by atoms with Crippen molar-refractivity contribution in [3.05, 3.63) is 0 Å². The van der Waals surface area contributed by atoms with Crippen molar-refractivity contribution in [2.75, 3.05) is 11.9 Å². The number of hydrogen-bond acceptors (Lipinski definition) is 1. The molecule has 1 saturated carbocycles. The molecule has 0 aromatic rings. The van der Waals surface area contributed by atoms with Crippen LogP contribution in [0.4, 0.5) is 0 Å². The normalized spacial score (nSPS) is 28.5. The molecule has 0 saturated heterocycles. The summed E-state index contributed by atoms with van der Waals surface area (Å²) in [6.45, 7) is 3.17. The quantitative estimate of drug-likeness (QED) is 0.763. The van der Waals surface area contributed by atoms with Gasteiger partial charge in [0.05, 0.1) is 5.33 Å². The Hall–Kier alpha value is -0.0500. The molecule has 1 amide bonds. The molecule has 1 aliphatic rings. The van der Waals surface area contributed by atoms with Crippen molar-refractivity contribution in [1.29, 1.82) is 0 Å². The van der Waals surface area contributed by atoms with Crippen molar-refractivity contribution in [3.8, 4) is 0 Å². The minimum Gasteiger partial charge on any atom is -0.355 e. The molecule has 13 heavy (non-hydrogen) atoms. The van der Waals surface area contributed by atoms with E-state index in [9.17, 15) is 4.79 Å². The second kappa shape index (κ2) is 5.63. The summed E-state index contributed by atoms with van der Waals surface area (Å²) in [7, 11) is 0. The summed E-state index contributed by atoms with van der Waals surface area (Å²) in [4.78, 5) is 11.0. The van der Waals surface area contributed by atoms with Gasteiger partial charge in [-0.25, -0.2) is 0 Å². The Kier molecular flexibility index (Phi) is 4.78. The first-order valence-electron chi connectivity index (χ1n) is 5.05. The van der Waals surface area contributed by atoms with Gasteiger partial charge in [-0.2, -0.15) is 0 Å². The highest BCUT2D eigenvalue weighted by atomic mass is 79.9. The average molecular weight is 248 g/mol. The lowest BCUT2D eigenvalue weighted by Gasteiger charge is -2.26. The van der Waals surface area contributed by atoms with Gasteiger partial charge < -0.3 is 5.32 Å². The number of alkyl halides is 1. The highest BCUT2D eigenvalue weighted by molar-refractivity contribution is 9.09. The van der Waals surface area contributed by atoms with Gasteiger partial charge in [0, 0.05) is 6.54 Å². The maximum atomic E-state index is 11.0.